The quantitative estimate of drug-likeness (QED) is 0.593. The summed E-state index contributed by atoms with van der Waals surface area (Å²) in [7, 11) is 1.38. The number of carbonyl (C=O) groups is 2. The molecule has 0 aliphatic heterocycles. The maximum atomic E-state index is 12.5. The maximum Gasteiger partial charge on any atom is 0.331 e. The Balaban J connectivity index is 1.87. The highest BCUT2D eigenvalue weighted by atomic mass is 16.5. The van der Waals surface area contributed by atoms with Crippen LogP contribution in [0.2, 0.25) is 0 Å². The van der Waals surface area contributed by atoms with E-state index in [1.165, 1.54) is 7.11 Å². The van der Waals surface area contributed by atoms with Crippen LogP contribution in [0.15, 0.2) is 24.3 Å². The number of para-hydroxylation sites is 1. The molecular formula is C21H31NO4. The standard InChI is InChI=1S/C21H31NO4/c1-16-9-5-6-10-17(16)26-14-7-11-18(23)22-21(19(24)25-4)13-8-12-20(2,3)15-21/h5-6,9-10H,7-8,11-15H2,1-4H3,(H,22,23). The molecule has 26 heavy (non-hydrogen) atoms. The van der Waals surface area contributed by atoms with Crippen LogP contribution in [0.3, 0.4) is 0 Å². The van der Waals surface area contributed by atoms with Crippen LogP contribution >= 0.6 is 0 Å². The van der Waals surface area contributed by atoms with Crippen molar-refractivity contribution in [2.75, 3.05) is 13.7 Å². The highest BCUT2D eigenvalue weighted by Gasteiger charge is 2.47. The average Bonchev–Trinajstić information content (AvgIpc) is 2.58. The van der Waals surface area contributed by atoms with E-state index in [9.17, 15) is 9.59 Å². The highest BCUT2D eigenvalue weighted by Crippen LogP contribution is 2.41. The Hall–Kier alpha value is -2.04. The first-order valence-corrected chi connectivity index (χ1v) is 9.36. The Morgan fingerprint density at radius 2 is 1.92 bits per heavy atom. The largest absolute Gasteiger partial charge is 0.493 e. The van der Waals surface area contributed by atoms with Crippen LogP contribution in [0, 0.1) is 12.3 Å². The number of carbonyl (C=O) groups excluding carboxylic acids is 2. The van der Waals surface area contributed by atoms with Crippen LogP contribution in [0.5, 0.6) is 5.75 Å². The van der Waals surface area contributed by atoms with E-state index in [4.69, 9.17) is 9.47 Å². The van der Waals surface area contributed by atoms with Gasteiger partial charge in [-0.3, -0.25) is 4.79 Å². The molecule has 1 atom stereocenters. The van der Waals surface area contributed by atoms with Crippen molar-refractivity contribution in [1.82, 2.24) is 5.32 Å². The summed E-state index contributed by atoms with van der Waals surface area (Å²) in [4.78, 5) is 24.9. The minimum atomic E-state index is -0.898. The molecule has 0 aromatic heterocycles. The number of methoxy groups -OCH3 is 1. The molecule has 5 nitrogen and oxygen atoms in total. The first-order chi connectivity index (χ1) is 12.3. The first kappa shape index (κ1) is 20.3. The summed E-state index contributed by atoms with van der Waals surface area (Å²) in [6, 6.07) is 7.81. The third-order valence-electron chi connectivity index (χ3n) is 5.09. The van der Waals surface area contributed by atoms with Gasteiger partial charge in [0.1, 0.15) is 11.3 Å². The number of esters is 1. The number of nitrogens with one attached hydrogen (secondary N) is 1. The lowest BCUT2D eigenvalue weighted by Gasteiger charge is -2.43. The molecule has 0 radical (unpaired) electrons. The zero-order chi connectivity index (χ0) is 19.2. The van der Waals surface area contributed by atoms with Crippen LogP contribution in [-0.2, 0) is 14.3 Å². The van der Waals surface area contributed by atoms with Gasteiger partial charge in [0.05, 0.1) is 13.7 Å². The molecule has 1 aliphatic carbocycles. The highest BCUT2D eigenvalue weighted by molar-refractivity contribution is 5.88. The van der Waals surface area contributed by atoms with Crippen molar-refractivity contribution in [2.24, 2.45) is 5.41 Å². The molecule has 1 saturated carbocycles. The van der Waals surface area contributed by atoms with Crippen LogP contribution in [0.1, 0.15) is 57.9 Å². The molecule has 1 amide bonds. The lowest BCUT2D eigenvalue weighted by Crippen LogP contribution is -2.58. The van der Waals surface area contributed by atoms with Crippen molar-refractivity contribution in [3.05, 3.63) is 29.8 Å². The van der Waals surface area contributed by atoms with Crippen molar-refractivity contribution in [3.8, 4) is 5.75 Å². The Morgan fingerprint density at radius 3 is 2.58 bits per heavy atom. The van der Waals surface area contributed by atoms with E-state index >= 15 is 0 Å². The summed E-state index contributed by atoms with van der Waals surface area (Å²) >= 11 is 0. The molecule has 0 saturated heterocycles. The van der Waals surface area contributed by atoms with E-state index in [2.05, 4.69) is 19.2 Å². The fraction of sp³-hybridized carbons (Fsp3) is 0.619. The maximum absolute atomic E-state index is 12.5. The Morgan fingerprint density at radius 1 is 1.19 bits per heavy atom. The molecule has 0 heterocycles. The van der Waals surface area contributed by atoms with Crippen molar-refractivity contribution < 1.29 is 19.1 Å². The SMILES string of the molecule is COC(=O)C1(NC(=O)CCCOc2ccccc2C)CCCC(C)(C)C1. The summed E-state index contributed by atoms with van der Waals surface area (Å²) in [6.07, 6.45) is 4.11. The van der Waals surface area contributed by atoms with E-state index in [-0.39, 0.29) is 17.3 Å². The molecular weight excluding hydrogens is 330 g/mol. The van der Waals surface area contributed by atoms with Gasteiger partial charge < -0.3 is 14.8 Å². The minimum Gasteiger partial charge on any atom is -0.493 e. The zero-order valence-corrected chi connectivity index (χ0v) is 16.4. The van der Waals surface area contributed by atoms with Gasteiger partial charge in [-0.2, -0.15) is 0 Å². The molecule has 1 N–H and O–H groups in total. The molecule has 1 unspecified atom stereocenters. The molecule has 144 valence electrons. The van der Waals surface area contributed by atoms with Crippen molar-refractivity contribution >= 4 is 11.9 Å². The Kier molecular flexibility index (Phi) is 6.68. The van der Waals surface area contributed by atoms with Gasteiger partial charge in [0.15, 0.2) is 0 Å². The number of hydrogen-bond acceptors (Lipinski definition) is 4. The molecule has 5 heteroatoms. The fourth-order valence-electron chi connectivity index (χ4n) is 3.85. The second-order valence-electron chi connectivity index (χ2n) is 8.03. The van der Waals surface area contributed by atoms with E-state index in [1.54, 1.807) is 0 Å². The van der Waals surface area contributed by atoms with Gasteiger partial charge >= 0.3 is 5.97 Å². The van der Waals surface area contributed by atoms with Gasteiger partial charge in [0, 0.05) is 6.42 Å². The number of rotatable bonds is 7. The second-order valence-corrected chi connectivity index (χ2v) is 8.03. The molecule has 1 fully saturated rings. The van der Waals surface area contributed by atoms with Crippen LogP contribution in [-0.4, -0.2) is 31.1 Å². The zero-order valence-electron chi connectivity index (χ0n) is 16.4. The monoisotopic (exact) mass is 361 g/mol. The lowest BCUT2D eigenvalue weighted by molar-refractivity contribution is -0.154. The van der Waals surface area contributed by atoms with Gasteiger partial charge in [-0.1, -0.05) is 32.0 Å². The lowest BCUT2D eigenvalue weighted by atomic mass is 9.68. The van der Waals surface area contributed by atoms with Gasteiger partial charge in [0.2, 0.25) is 5.91 Å². The van der Waals surface area contributed by atoms with Gasteiger partial charge in [-0.05, 0) is 56.1 Å². The summed E-state index contributed by atoms with van der Waals surface area (Å²) in [5, 5.41) is 2.98. The van der Waals surface area contributed by atoms with E-state index in [0.717, 1.165) is 24.2 Å². The minimum absolute atomic E-state index is 0.00761. The average molecular weight is 361 g/mol. The normalized spacial score (nSPS) is 21.7. The van der Waals surface area contributed by atoms with Crippen LogP contribution in [0.25, 0.3) is 0 Å². The topological polar surface area (TPSA) is 64.6 Å². The predicted molar refractivity (Wildman–Crippen MR) is 101 cm³/mol. The summed E-state index contributed by atoms with van der Waals surface area (Å²) < 4.78 is 10.7. The number of aryl methyl sites for hydroxylation is 1. The van der Waals surface area contributed by atoms with Crippen molar-refractivity contribution in [1.29, 1.82) is 0 Å². The van der Waals surface area contributed by atoms with Gasteiger partial charge in [-0.15, -0.1) is 0 Å². The number of hydrogen-bond donors (Lipinski definition) is 1. The summed E-state index contributed by atoms with van der Waals surface area (Å²) in [6.45, 7) is 6.72. The van der Waals surface area contributed by atoms with Crippen LogP contribution < -0.4 is 10.1 Å². The number of amides is 1. The van der Waals surface area contributed by atoms with E-state index in [0.29, 0.717) is 32.3 Å². The molecule has 1 aromatic rings. The molecule has 1 aromatic carbocycles. The molecule has 0 bridgehead atoms. The molecule has 1 aliphatic rings. The summed E-state index contributed by atoms with van der Waals surface area (Å²) in [5.41, 5.74) is 0.184. The number of ether oxygens (including phenoxy) is 2. The molecule has 2 rings (SSSR count). The van der Waals surface area contributed by atoms with Crippen molar-refractivity contribution in [3.63, 3.8) is 0 Å². The van der Waals surface area contributed by atoms with E-state index in [1.807, 2.05) is 31.2 Å². The summed E-state index contributed by atoms with van der Waals surface area (Å²) in [5.74, 6) is 0.379. The van der Waals surface area contributed by atoms with Gasteiger partial charge in [-0.25, -0.2) is 4.79 Å². The Labute approximate surface area is 156 Å². The third-order valence-corrected chi connectivity index (χ3v) is 5.09. The first-order valence-electron chi connectivity index (χ1n) is 9.36. The van der Waals surface area contributed by atoms with E-state index < -0.39 is 5.54 Å². The molecule has 0 spiro atoms. The van der Waals surface area contributed by atoms with Crippen molar-refractivity contribution in [2.45, 2.75) is 64.8 Å². The second kappa shape index (κ2) is 8.56. The van der Waals surface area contributed by atoms with Crippen LogP contribution in [0.4, 0.5) is 0 Å². The number of benzene rings is 1. The fourth-order valence-corrected chi connectivity index (χ4v) is 3.85. The Bertz CT molecular complexity index is 641. The third kappa shape index (κ3) is 5.23. The smallest absolute Gasteiger partial charge is 0.331 e. The predicted octanol–water partition coefficient (Wildman–Crippen LogP) is 3.78. The van der Waals surface area contributed by atoms with Gasteiger partial charge in [0.25, 0.3) is 0 Å².